The first-order valence-corrected chi connectivity index (χ1v) is 13.9. The minimum Gasteiger partial charge on any atom is -0.507 e. The minimum absolute atomic E-state index is 0.325. The Bertz CT molecular complexity index is 1300. The molecule has 0 heterocycles. The fourth-order valence-corrected chi connectivity index (χ4v) is 4.84. The molecule has 0 spiro atoms. The van der Waals surface area contributed by atoms with Crippen LogP contribution in [0.2, 0.25) is 0 Å². The molecule has 7 heteroatoms. The quantitative estimate of drug-likeness (QED) is 0.123. The zero-order valence-corrected chi connectivity index (χ0v) is 23.1. The summed E-state index contributed by atoms with van der Waals surface area (Å²) in [5.41, 5.74) is 27.1. The lowest BCUT2D eigenvalue weighted by atomic mass is 10.0. The second kappa shape index (κ2) is 15.3. The highest BCUT2D eigenvalue weighted by atomic mass is 16.3. The van der Waals surface area contributed by atoms with Crippen LogP contribution in [-0.4, -0.2) is 5.11 Å². The average molecular weight is 539 g/mol. The van der Waals surface area contributed by atoms with Crippen molar-refractivity contribution in [1.82, 2.24) is 16.0 Å². The van der Waals surface area contributed by atoms with E-state index in [9.17, 15) is 5.11 Å². The number of benzene rings is 4. The van der Waals surface area contributed by atoms with Crippen molar-refractivity contribution in [2.45, 2.75) is 58.9 Å². The lowest BCUT2D eigenvalue weighted by molar-refractivity contribution is 0.453. The first-order valence-electron chi connectivity index (χ1n) is 13.9. The Morgan fingerprint density at radius 2 is 0.750 bits per heavy atom. The van der Waals surface area contributed by atoms with Crippen LogP contribution in [0, 0.1) is 0 Å². The van der Waals surface area contributed by atoms with Crippen molar-refractivity contribution in [2.24, 2.45) is 17.2 Å². The van der Waals surface area contributed by atoms with Crippen molar-refractivity contribution in [2.75, 3.05) is 0 Å². The molecule has 0 saturated carbocycles. The summed E-state index contributed by atoms with van der Waals surface area (Å²) >= 11 is 0. The second-order valence-corrected chi connectivity index (χ2v) is 10.1. The van der Waals surface area contributed by atoms with Crippen molar-refractivity contribution in [1.29, 1.82) is 0 Å². The summed E-state index contributed by atoms with van der Waals surface area (Å²) in [7, 11) is 0. The highest BCUT2D eigenvalue weighted by Crippen LogP contribution is 2.25. The highest BCUT2D eigenvalue weighted by Gasteiger charge is 2.11. The van der Waals surface area contributed by atoms with Crippen molar-refractivity contribution in [3.05, 3.63) is 135 Å². The predicted molar refractivity (Wildman–Crippen MR) is 163 cm³/mol. The number of phenolic OH excluding ortho intramolecular Hbond substituents is 1. The molecule has 4 aromatic rings. The van der Waals surface area contributed by atoms with Crippen LogP contribution < -0.4 is 33.2 Å². The Morgan fingerprint density at radius 3 is 1.12 bits per heavy atom. The summed E-state index contributed by atoms with van der Waals surface area (Å²) in [6.45, 7) is 5.49. The normalized spacial score (nSPS) is 11.2. The summed E-state index contributed by atoms with van der Waals surface area (Å²) in [5.74, 6) is 0.325. The number of aromatic hydroxyl groups is 1. The van der Waals surface area contributed by atoms with Gasteiger partial charge in [-0.25, -0.2) is 0 Å². The van der Waals surface area contributed by atoms with Crippen LogP contribution >= 0.6 is 0 Å². The molecule has 7 nitrogen and oxygen atoms in total. The van der Waals surface area contributed by atoms with E-state index in [1.54, 1.807) is 0 Å². The van der Waals surface area contributed by atoms with Gasteiger partial charge in [0.05, 0.1) is 0 Å². The maximum Gasteiger partial charge on any atom is 0.124 e. The van der Waals surface area contributed by atoms with Crippen LogP contribution in [0.1, 0.15) is 50.1 Å². The van der Waals surface area contributed by atoms with E-state index >= 15 is 0 Å². The van der Waals surface area contributed by atoms with Crippen LogP contribution in [0.3, 0.4) is 0 Å². The third-order valence-corrected chi connectivity index (χ3v) is 6.96. The van der Waals surface area contributed by atoms with E-state index in [4.69, 9.17) is 17.2 Å². The lowest BCUT2D eigenvalue weighted by Crippen LogP contribution is -2.18. The Kier molecular flexibility index (Phi) is 11.2. The van der Waals surface area contributed by atoms with E-state index in [1.807, 2.05) is 36.4 Å². The summed E-state index contributed by atoms with van der Waals surface area (Å²) in [4.78, 5) is 0. The Balaban J connectivity index is 1.44. The van der Waals surface area contributed by atoms with Gasteiger partial charge in [-0.15, -0.1) is 0 Å². The Morgan fingerprint density at radius 1 is 0.425 bits per heavy atom. The first kappa shape index (κ1) is 29.4. The number of hydrogen-bond donors (Lipinski definition) is 7. The van der Waals surface area contributed by atoms with Gasteiger partial charge in [0.2, 0.25) is 0 Å². The molecule has 0 aliphatic rings. The smallest absolute Gasteiger partial charge is 0.124 e. The molecule has 0 aliphatic carbocycles. The molecule has 0 aliphatic heterocycles. The summed E-state index contributed by atoms with van der Waals surface area (Å²) in [6, 6.07) is 29.0. The Hall–Kier alpha value is -3.56. The van der Waals surface area contributed by atoms with Gasteiger partial charge in [0.25, 0.3) is 0 Å². The van der Waals surface area contributed by atoms with Gasteiger partial charge in [-0.2, -0.15) is 0 Å². The van der Waals surface area contributed by atoms with Gasteiger partial charge in [0.15, 0.2) is 0 Å². The van der Waals surface area contributed by atoms with Crippen molar-refractivity contribution >= 4 is 0 Å². The van der Waals surface area contributed by atoms with Gasteiger partial charge in [-0.05, 0) is 51.1 Å². The molecule has 0 atom stereocenters. The molecular formula is C33H42N6O. The van der Waals surface area contributed by atoms with E-state index in [1.165, 1.54) is 16.7 Å². The number of phenols is 1. The van der Waals surface area contributed by atoms with Gasteiger partial charge in [-0.1, -0.05) is 72.8 Å². The van der Waals surface area contributed by atoms with Crippen LogP contribution in [-0.2, 0) is 58.9 Å². The largest absolute Gasteiger partial charge is 0.507 e. The van der Waals surface area contributed by atoms with Crippen molar-refractivity contribution < 1.29 is 5.11 Å². The van der Waals surface area contributed by atoms with E-state index < -0.39 is 0 Å². The van der Waals surface area contributed by atoms with E-state index in [0.717, 1.165) is 39.9 Å². The zero-order valence-electron chi connectivity index (χ0n) is 23.1. The SMILES string of the molecule is NCc1cccc(CNCc2cc(CNCc3cccc(CN)c3)c(O)c(CNCc3cccc(CN)c3)c2)c1. The van der Waals surface area contributed by atoms with Crippen LogP contribution in [0.4, 0.5) is 0 Å². The number of rotatable bonds is 15. The maximum absolute atomic E-state index is 11.2. The fourth-order valence-electron chi connectivity index (χ4n) is 4.84. The highest BCUT2D eigenvalue weighted by molar-refractivity contribution is 5.44. The zero-order chi connectivity index (χ0) is 28.2. The molecule has 4 aromatic carbocycles. The van der Waals surface area contributed by atoms with Gasteiger partial charge in [-0.3, -0.25) is 0 Å². The molecule has 0 radical (unpaired) electrons. The fraction of sp³-hybridized carbons (Fsp3) is 0.273. The van der Waals surface area contributed by atoms with E-state index in [0.29, 0.717) is 58.1 Å². The molecule has 4 rings (SSSR count). The van der Waals surface area contributed by atoms with Gasteiger partial charge >= 0.3 is 0 Å². The van der Waals surface area contributed by atoms with Crippen molar-refractivity contribution in [3.63, 3.8) is 0 Å². The second-order valence-electron chi connectivity index (χ2n) is 10.1. The summed E-state index contributed by atoms with van der Waals surface area (Å²) in [6.07, 6.45) is 0. The van der Waals surface area contributed by atoms with Gasteiger partial charge < -0.3 is 38.3 Å². The Labute approximate surface area is 237 Å². The molecule has 0 aromatic heterocycles. The lowest BCUT2D eigenvalue weighted by Gasteiger charge is -2.16. The van der Waals surface area contributed by atoms with Crippen molar-refractivity contribution in [3.8, 4) is 5.75 Å². The molecule has 10 N–H and O–H groups in total. The van der Waals surface area contributed by atoms with Gasteiger partial charge in [0.1, 0.15) is 5.75 Å². The predicted octanol–water partition coefficient (Wildman–Crippen LogP) is 3.64. The van der Waals surface area contributed by atoms with Crippen LogP contribution in [0.5, 0.6) is 5.75 Å². The van der Waals surface area contributed by atoms with Crippen LogP contribution in [0.25, 0.3) is 0 Å². The standard InChI is InChI=1S/C33H42N6O/c34-15-24-4-1-7-27(10-24)18-37-21-30-13-31(22-38-19-28-8-2-5-25(11-28)16-35)33(40)32(14-30)23-39-20-29-9-3-6-26(12-29)17-36/h1-14,37-40H,15-23,34-36H2. The molecule has 0 unspecified atom stereocenters. The summed E-state index contributed by atoms with van der Waals surface area (Å²) in [5, 5.41) is 21.7. The topological polar surface area (TPSA) is 134 Å². The number of hydrogen-bond acceptors (Lipinski definition) is 7. The number of nitrogens with one attached hydrogen (secondary N) is 3. The molecule has 40 heavy (non-hydrogen) atoms. The first-order chi connectivity index (χ1) is 19.6. The third-order valence-electron chi connectivity index (χ3n) is 6.96. The number of nitrogens with two attached hydrogens (primary N) is 3. The molecular weight excluding hydrogens is 496 g/mol. The molecule has 0 bridgehead atoms. The van der Waals surface area contributed by atoms with E-state index in [-0.39, 0.29) is 0 Å². The summed E-state index contributed by atoms with van der Waals surface area (Å²) < 4.78 is 0. The minimum atomic E-state index is 0.325. The third kappa shape index (κ3) is 8.72. The maximum atomic E-state index is 11.2. The van der Waals surface area contributed by atoms with Gasteiger partial charge in [0, 0.05) is 70.0 Å². The molecule has 0 amide bonds. The molecule has 0 fully saturated rings. The van der Waals surface area contributed by atoms with Crippen LogP contribution in [0.15, 0.2) is 84.9 Å². The average Bonchev–Trinajstić information content (AvgIpc) is 2.99. The van der Waals surface area contributed by atoms with E-state index in [2.05, 4.69) is 64.5 Å². The monoisotopic (exact) mass is 538 g/mol. The molecule has 210 valence electrons. The molecule has 0 saturated heterocycles.